The number of nitro benzene ring substituents is 1. The Kier molecular flexibility index (Phi) is 7.87. The SMILES string of the molecule is O=C(C[C@H](c1ccccc1)c1cn(Cc2ccccc2)c2ccc([N+](=O)[O-])cc12)NCc1cccc(C(F)(F)F)c1. The predicted octanol–water partition coefficient (Wildman–Crippen LogP) is 7.46. The molecule has 0 unspecified atom stereocenters. The van der Waals surface area contributed by atoms with Crippen LogP contribution < -0.4 is 5.32 Å². The molecule has 1 atom stereocenters. The van der Waals surface area contributed by atoms with Crippen molar-refractivity contribution in [2.75, 3.05) is 0 Å². The largest absolute Gasteiger partial charge is 0.416 e. The van der Waals surface area contributed by atoms with Gasteiger partial charge < -0.3 is 9.88 Å². The lowest BCUT2D eigenvalue weighted by Crippen LogP contribution is -2.25. The van der Waals surface area contributed by atoms with Crippen LogP contribution in [0.3, 0.4) is 0 Å². The number of rotatable bonds is 9. The summed E-state index contributed by atoms with van der Waals surface area (Å²) in [6.07, 6.45) is -2.55. The predicted molar refractivity (Wildman–Crippen MR) is 150 cm³/mol. The topological polar surface area (TPSA) is 77.2 Å². The highest BCUT2D eigenvalue weighted by Crippen LogP contribution is 2.37. The molecule has 1 N–H and O–H groups in total. The first-order valence-electron chi connectivity index (χ1n) is 13.0. The lowest BCUT2D eigenvalue weighted by atomic mass is 9.88. The van der Waals surface area contributed by atoms with Crippen molar-refractivity contribution >= 4 is 22.5 Å². The number of fused-ring (bicyclic) bond motifs is 1. The third kappa shape index (κ3) is 6.46. The van der Waals surface area contributed by atoms with Gasteiger partial charge in [0.2, 0.25) is 5.91 Å². The normalized spacial score (nSPS) is 12.3. The van der Waals surface area contributed by atoms with E-state index in [-0.39, 0.29) is 24.6 Å². The molecular weight excluding hydrogens is 531 g/mol. The molecule has 1 amide bonds. The number of hydrogen-bond donors (Lipinski definition) is 1. The summed E-state index contributed by atoms with van der Waals surface area (Å²) in [6.45, 7) is 0.462. The summed E-state index contributed by atoms with van der Waals surface area (Å²) in [7, 11) is 0. The van der Waals surface area contributed by atoms with Crippen molar-refractivity contribution in [2.24, 2.45) is 0 Å². The maximum atomic E-state index is 13.2. The van der Waals surface area contributed by atoms with Gasteiger partial charge in [-0.2, -0.15) is 13.2 Å². The van der Waals surface area contributed by atoms with E-state index in [1.807, 2.05) is 71.4 Å². The van der Waals surface area contributed by atoms with Crippen LogP contribution >= 0.6 is 0 Å². The number of non-ortho nitro benzene ring substituents is 1. The average molecular weight is 558 g/mol. The highest BCUT2D eigenvalue weighted by atomic mass is 19.4. The van der Waals surface area contributed by atoms with Gasteiger partial charge in [-0.1, -0.05) is 72.8 Å². The van der Waals surface area contributed by atoms with E-state index in [9.17, 15) is 28.1 Å². The number of nitrogens with one attached hydrogen (secondary N) is 1. The maximum absolute atomic E-state index is 13.2. The zero-order chi connectivity index (χ0) is 29.0. The molecule has 208 valence electrons. The van der Waals surface area contributed by atoms with Gasteiger partial charge in [-0.25, -0.2) is 0 Å². The van der Waals surface area contributed by atoms with Crippen molar-refractivity contribution in [2.45, 2.75) is 31.6 Å². The molecule has 1 aromatic heterocycles. The van der Waals surface area contributed by atoms with Crippen molar-refractivity contribution in [3.8, 4) is 0 Å². The van der Waals surface area contributed by atoms with Gasteiger partial charge in [0.05, 0.1) is 10.5 Å². The van der Waals surface area contributed by atoms with Gasteiger partial charge in [0.15, 0.2) is 0 Å². The second-order valence-corrected chi connectivity index (χ2v) is 9.80. The number of nitro groups is 1. The number of benzene rings is 4. The Labute approximate surface area is 234 Å². The molecule has 5 rings (SSSR count). The van der Waals surface area contributed by atoms with Gasteiger partial charge in [0.1, 0.15) is 0 Å². The summed E-state index contributed by atoms with van der Waals surface area (Å²) in [4.78, 5) is 24.4. The first kappa shape index (κ1) is 27.6. The van der Waals surface area contributed by atoms with E-state index in [2.05, 4.69) is 5.32 Å². The molecule has 0 aliphatic heterocycles. The Morgan fingerprint density at radius 3 is 2.24 bits per heavy atom. The molecule has 6 nitrogen and oxygen atoms in total. The Hall–Kier alpha value is -4.92. The van der Waals surface area contributed by atoms with Crippen molar-refractivity contribution in [1.29, 1.82) is 0 Å². The van der Waals surface area contributed by atoms with Gasteiger partial charge in [-0.15, -0.1) is 0 Å². The number of nitrogens with zero attached hydrogens (tertiary/aromatic N) is 2. The zero-order valence-corrected chi connectivity index (χ0v) is 21.8. The third-order valence-corrected chi connectivity index (χ3v) is 7.01. The van der Waals surface area contributed by atoms with Crippen LogP contribution in [0.15, 0.2) is 109 Å². The van der Waals surface area contributed by atoms with Gasteiger partial charge in [-0.3, -0.25) is 14.9 Å². The number of carbonyl (C=O) groups is 1. The Morgan fingerprint density at radius 2 is 1.56 bits per heavy atom. The molecule has 0 aliphatic rings. The van der Waals surface area contributed by atoms with Crippen LogP contribution in [0.25, 0.3) is 10.9 Å². The number of aromatic nitrogens is 1. The molecule has 4 aromatic carbocycles. The smallest absolute Gasteiger partial charge is 0.352 e. The Balaban J connectivity index is 1.49. The maximum Gasteiger partial charge on any atom is 0.416 e. The van der Waals surface area contributed by atoms with Crippen LogP contribution in [-0.2, 0) is 24.1 Å². The van der Waals surface area contributed by atoms with Gasteiger partial charge in [0.25, 0.3) is 5.69 Å². The molecule has 9 heteroatoms. The number of halogens is 3. The average Bonchev–Trinajstić information content (AvgIpc) is 3.32. The molecule has 0 saturated heterocycles. The first-order chi connectivity index (χ1) is 19.7. The molecule has 1 heterocycles. The van der Waals surface area contributed by atoms with Crippen LogP contribution in [0.4, 0.5) is 18.9 Å². The summed E-state index contributed by atoms with van der Waals surface area (Å²) < 4.78 is 41.4. The van der Waals surface area contributed by atoms with E-state index in [4.69, 9.17) is 0 Å². The van der Waals surface area contributed by atoms with Crippen molar-refractivity contribution in [3.05, 3.63) is 147 Å². The van der Waals surface area contributed by atoms with Gasteiger partial charge in [-0.05, 0) is 40.5 Å². The fraction of sp³-hybridized carbons (Fsp3) is 0.156. The molecular formula is C32H26F3N3O3. The first-order valence-corrected chi connectivity index (χ1v) is 13.0. The number of hydrogen-bond acceptors (Lipinski definition) is 3. The highest BCUT2D eigenvalue weighted by molar-refractivity contribution is 5.88. The molecule has 0 radical (unpaired) electrons. The van der Waals surface area contributed by atoms with Crippen LogP contribution in [-0.4, -0.2) is 15.4 Å². The van der Waals surface area contributed by atoms with E-state index < -0.39 is 22.6 Å². The van der Waals surface area contributed by atoms with E-state index in [1.54, 1.807) is 6.07 Å². The van der Waals surface area contributed by atoms with E-state index in [0.717, 1.165) is 34.3 Å². The Bertz CT molecular complexity index is 1680. The molecule has 0 aliphatic carbocycles. The molecule has 41 heavy (non-hydrogen) atoms. The quantitative estimate of drug-likeness (QED) is 0.151. The standard InChI is InChI=1S/C32H26F3N3O3/c33-32(34,35)25-13-7-10-23(16-25)19-36-31(39)18-27(24-11-5-2-6-12-24)29-21-37(20-22-8-3-1-4-9-22)30-15-14-26(38(40)41)17-28(29)30/h1-17,21,27H,18-20H2,(H,36,39)/t27-/m1/s1. The minimum absolute atomic E-state index is 0.00385. The summed E-state index contributed by atoms with van der Waals surface area (Å²) in [6, 6.07) is 28.7. The highest BCUT2D eigenvalue weighted by Gasteiger charge is 2.30. The van der Waals surface area contributed by atoms with Gasteiger partial charge in [0, 0.05) is 54.7 Å². The minimum atomic E-state index is -4.48. The monoisotopic (exact) mass is 557 g/mol. The van der Waals surface area contributed by atoms with E-state index in [0.29, 0.717) is 17.5 Å². The molecule has 0 bridgehead atoms. The summed E-state index contributed by atoms with van der Waals surface area (Å²) >= 11 is 0. The second kappa shape index (κ2) is 11.7. The fourth-order valence-corrected chi connectivity index (χ4v) is 5.02. The number of alkyl halides is 3. The molecule has 0 fully saturated rings. The van der Waals surface area contributed by atoms with Gasteiger partial charge >= 0.3 is 6.18 Å². The van der Waals surface area contributed by atoms with Crippen molar-refractivity contribution < 1.29 is 22.9 Å². The fourth-order valence-electron chi connectivity index (χ4n) is 5.02. The molecule has 5 aromatic rings. The third-order valence-electron chi connectivity index (χ3n) is 7.01. The van der Waals surface area contributed by atoms with Crippen LogP contribution in [0.2, 0.25) is 0 Å². The van der Waals surface area contributed by atoms with Crippen LogP contribution in [0.5, 0.6) is 0 Å². The second-order valence-electron chi connectivity index (χ2n) is 9.80. The minimum Gasteiger partial charge on any atom is -0.352 e. The van der Waals surface area contributed by atoms with Crippen LogP contribution in [0, 0.1) is 10.1 Å². The van der Waals surface area contributed by atoms with Crippen LogP contribution in [0.1, 0.15) is 40.2 Å². The number of amides is 1. The molecule has 0 spiro atoms. The summed E-state index contributed by atoms with van der Waals surface area (Å²) in [5.74, 6) is -0.815. The van der Waals surface area contributed by atoms with Crippen molar-refractivity contribution in [3.63, 3.8) is 0 Å². The number of carbonyl (C=O) groups excluding carboxylic acids is 1. The van der Waals surface area contributed by atoms with E-state index in [1.165, 1.54) is 24.3 Å². The zero-order valence-electron chi connectivity index (χ0n) is 21.8. The summed E-state index contributed by atoms with van der Waals surface area (Å²) in [5.41, 5.74) is 2.92. The van der Waals surface area contributed by atoms with Crippen molar-refractivity contribution in [1.82, 2.24) is 9.88 Å². The van der Waals surface area contributed by atoms with E-state index >= 15 is 0 Å². The lowest BCUT2D eigenvalue weighted by Gasteiger charge is -2.17. The Morgan fingerprint density at radius 1 is 0.878 bits per heavy atom. The summed E-state index contributed by atoms with van der Waals surface area (Å²) in [5, 5.41) is 15.1. The lowest BCUT2D eigenvalue weighted by molar-refractivity contribution is -0.384. The molecule has 0 saturated carbocycles.